The molecule has 0 saturated carbocycles. The van der Waals surface area contributed by atoms with Gasteiger partial charge in [0.1, 0.15) is 23.6 Å². The molecule has 1 aromatic heterocycles. The lowest BCUT2D eigenvalue weighted by atomic mass is 10.1. The van der Waals surface area contributed by atoms with Crippen molar-refractivity contribution in [3.63, 3.8) is 0 Å². The molecule has 26 heavy (non-hydrogen) atoms. The first-order valence-electron chi connectivity index (χ1n) is 8.48. The minimum absolute atomic E-state index is 0.169. The van der Waals surface area contributed by atoms with Crippen LogP contribution in [-0.2, 0) is 22.4 Å². The quantitative estimate of drug-likeness (QED) is 0.400. The van der Waals surface area contributed by atoms with E-state index in [0.29, 0.717) is 17.8 Å². The third kappa shape index (κ3) is 3.96. The van der Waals surface area contributed by atoms with Crippen molar-refractivity contribution < 1.29 is 18.7 Å². The van der Waals surface area contributed by atoms with Crippen LogP contribution in [0.25, 0.3) is 11.0 Å². The minimum atomic E-state index is -0.687. The first kappa shape index (κ1) is 17.8. The van der Waals surface area contributed by atoms with Gasteiger partial charge >= 0.3 is 5.97 Å². The number of carbonyl (C=O) groups is 2. The second-order valence-electron chi connectivity index (χ2n) is 5.89. The first-order valence-corrected chi connectivity index (χ1v) is 8.48. The van der Waals surface area contributed by atoms with Crippen molar-refractivity contribution in [1.29, 1.82) is 0 Å². The topological polar surface area (TPSA) is 72.1 Å². The van der Waals surface area contributed by atoms with E-state index < -0.39 is 24.0 Å². The van der Waals surface area contributed by atoms with Crippen molar-refractivity contribution in [2.45, 2.75) is 26.2 Å². The fourth-order valence-electron chi connectivity index (χ4n) is 2.82. The summed E-state index contributed by atoms with van der Waals surface area (Å²) in [6.07, 6.45) is 0.900. The number of nitrogens with zero attached hydrogens (tertiary/aromatic N) is 1. The van der Waals surface area contributed by atoms with E-state index in [-0.39, 0.29) is 17.7 Å². The summed E-state index contributed by atoms with van der Waals surface area (Å²) in [6, 6.07) is 12.7. The van der Waals surface area contributed by atoms with Crippen molar-refractivity contribution in [2.24, 2.45) is 0 Å². The zero-order valence-electron chi connectivity index (χ0n) is 14.4. The Bertz CT molecular complexity index is 935. The number of H-pyrrole nitrogens is 1. The number of ketones is 1. The summed E-state index contributed by atoms with van der Waals surface area (Å²) >= 11 is 0. The van der Waals surface area contributed by atoms with E-state index in [9.17, 15) is 14.0 Å². The molecule has 0 spiro atoms. The number of aromatic amines is 1. The molecule has 5 nitrogen and oxygen atoms in total. The highest BCUT2D eigenvalue weighted by Crippen LogP contribution is 2.22. The van der Waals surface area contributed by atoms with Crippen molar-refractivity contribution in [2.75, 3.05) is 6.61 Å². The van der Waals surface area contributed by atoms with Crippen LogP contribution >= 0.6 is 0 Å². The molecule has 0 aliphatic rings. The van der Waals surface area contributed by atoms with Crippen LogP contribution in [0.4, 0.5) is 4.39 Å². The van der Waals surface area contributed by atoms with Gasteiger partial charge in [-0.05, 0) is 31.0 Å². The van der Waals surface area contributed by atoms with Crippen molar-refractivity contribution >= 4 is 22.8 Å². The van der Waals surface area contributed by atoms with Crippen LogP contribution in [0.2, 0.25) is 0 Å². The Morgan fingerprint density at radius 3 is 2.62 bits per heavy atom. The summed E-state index contributed by atoms with van der Waals surface area (Å²) in [5.74, 6) is -1.33. The van der Waals surface area contributed by atoms with Crippen LogP contribution in [-0.4, -0.2) is 28.3 Å². The molecule has 3 aromatic rings. The number of aryl methyl sites for hydroxylation is 2. The molecule has 0 aliphatic heterocycles. The number of esters is 1. The average molecular weight is 354 g/mol. The SMILES string of the molecule is CCOC(=O)CC(=O)c1c(F)ccc2[nH]c(CCc3ccccc3)nc12. The maximum absolute atomic E-state index is 14.2. The predicted octanol–water partition coefficient (Wildman–Crippen LogP) is 3.62. The van der Waals surface area contributed by atoms with E-state index in [1.807, 2.05) is 30.3 Å². The minimum Gasteiger partial charge on any atom is -0.466 e. The lowest BCUT2D eigenvalue weighted by molar-refractivity contribution is -0.141. The van der Waals surface area contributed by atoms with E-state index in [1.54, 1.807) is 13.0 Å². The Balaban J connectivity index is 1.84. The van der Waals surface area contributed by atoms with Gasteiger partial charge in [-0.2, -0.15) is 0 Å². The second kappa shape index (κ2) is 7.91. The molecule has 6 heteroatoms. The van der Waals surface area contributed by atoms with Crippen LogP contribution in [0.5, 0.6) is 0 Å². The molecular weight excluding hydrogens is 335 g/mol. The summed E-state index contributed by atoms with van der Waals surface area (Å²) in [5, 5.41) is 0. The Kier molecular flexibility index (Phi) is 5.41. The molecule has 0 radical (unpaired) electrons. The molecule has 0 bridgehead atoms. The van der Waals surface area contributed by atoms with Gasteiger partial charge in [0.05, 0.1) is 17.7 Å². The molecule has 134 valence electrons. The molecule has 0 fully saturated rings. The van der Waals surface area contributed by atoms with Gasteiger partial charge in [-0.3, -0.25) is 9.59 Å². The van der Waals surface area contributed by atoms with E-state index in [1.165, 1.54) is 6.07 Å². The third-order valence-corrected chi connectivity index (χ3v) is 4.04. The maximum Gasteiger partial charge on any atom is 0.313 e. The highest BCUT2D eigenvalue weighted by atomic mass is 19.1. The number of nitrogens with one attached hydrogen (secondary N) is 1. The molecule has 0 amide bonds. The number of fused-ring (bicyclic) bond motifs is 1. The number of ether oxygens (including phenoxy) is 1. The Hall–Kier alpha value is -3.02. The third-order valence-electron chi connectivity index (χ3n) is 4.04. The normalized spacial score (nSPS) is 10.8. The Labute approximate surface area is 150 Å². The number of carbonyl (C=O) groups excluding carboxylic acids is 2. The van der Waals surface area contributed by atoms with Crippen LogP contribution in [0.3, 0.4) is 0 Å². The fourth-order valence-corrected chi connectivity index (χ4v) is 2.82. The number of hydrogen-bond acceptors (Lipinski definition) is 4. The summed E-state index contributed by atoms with van der Waals surface area (Å²) in [6.45, 7) is 1.82. The van der Waals surface area contributed by atoms with E-state index in [4.69, 9.17) is 4.74 Å². The van der Waals surface area contributed by atoms with E-state index in [2.05, 4.69) is 9.97 Å². The molecule has 0 aliphatic carbocycles. The summed E-state index contributed by atoms with van der Waals surface area (Å²) in [5.41, 5.74) is 1.82. The second-order valence-corrected chi connectivity index (χ2v) is 5.89. The van der Waals surface area contributed by atoms with Gasteiger partial charge in [-0.25, -0.2) is 9.37 Å². The Morgan fingerprint density at radius 1 is 1.12 bits per heavy atom. The van der Waals surface area contributed by atoms with Gasteiger partial charge in [0, 0.05) is 6.42 Å². The summed E-state index contributed by atoms with van der Waals surface area (Å²) < 4.78 is 19.0. The van der Waals surface area contributed by atoms with E-state index in [0.717, 1.165) is 12.0 Å². The molecule has 1 heterocycles. The lowest BCUT2D eigenvalue weighted by Crippen LogP contribution is -2.13. The number of rotatable bonds is 7. The summed E-state index contributed by atoms with van der Waals surface area (Å²) in [7, 11) is 0. The van der Waals surface area contributed by atoms with Gasteiger partial charge in [-0.1, -0.05) is 30.3 Å². The van der Waals surface area contributed by atoms with Crippen LogP contribution in [0, 0.1) is 5.82 Å². The van der Waals surface area contributed by atoms with Gasteiger partial charge in [0.15, 0.2) is 5.78 Å². The largest absolute Gasteiger partial charge is 0.466 e. The van der Waals surface area contributed by atoms with Gasteiger partial charge < -0.3 is 9.72 Å². The number of aromatic nitrogens is 2. The van der Waals surface area contributed by atoms with Gasteiger partial charge in [0.25, 0.3) is 0 Å². The molecular formula is C20H19FN2O3. The zero-order chi connectivity index (χ0) is 18.5. The molecule has 0 atom stereocenters. The fraction of sp³-hybridized carbons (Fsp3) is 0.250. The number of Topliss-reactive ketones (excluding diaryl/α,β-unsaturated/α-hetero) is 1. The molecule has 0 unspecified atom stereocenters. The zero-order valence-corrected chi connectivity index (χ0v) is 14.4. The van der Waals surface area contributed by atoms with Crippen molar-refractivity contribution in [1.82, 2.24) is 9.97 Å². The molecule has 1 N–H and O–H groups in total. The van der Waals surface area contributed by atoms with Gasteiger partial charge in [-0.15, -0.1) is 0 Å². The highest BCUT2D eigenvalue weighted by Gasteiger charge is 2.21. The number of benzene rings is 2. The van der Waals surface area contributed by atoms with Crippen LogP contribution < -0.4 is 0 Å². The van der Waals surface area contributed by atoms with E-state index >= 15 is 0 Å². The van der Waals surface area contributed by atoms with Crippen LogP contribution in [0.15, 0.2) is 42.5 Å². The maximum atomic E-state index is 14.2. The molecule has 2 aromatic carbocycles. The van der Waals surface area contributed by atoms with Crippen LogP contribution in [0.1, 0.15) is 35.1 Å². The first-order chi connectivity index (χ1) is 12.6. The Morgan fingerprint density at radius 2 is 1.88 bits per heavy atom. The average Bonchev–Trinajstić information content (AvgIpc) is 3.03. The highest BCUT2D eigenvalue weighted by molar-refractivity contribution is 6.12. The predicted molar refractivity (Wildman–Crippen MR) is 95.5 cm³/mol. The summed E-state index contributed by atoms with van der Waals surface area (Å²) in [4.78, 5) is 31.4. The number of imidazole rings is 1. The molecule has 0 saturated heterocycles. The molecule has 3 rings (SSSR count). The lowest BCUT2D eigenvalue weighted by Gasteiger charge is -2.03. The number of hydrogen-bond donors (Lipinski definition) is 1. The number of halogens is 1. The standard InChI is InChI=1S/C20H19FN2O3/c1-2-26-18(25)12-16(24)19-14(21)9-10-15-20(19)23-17(22-15)11-8-13-6-4-3-5-7-13/h3-7,9-10H,2,8,11-12H2,1H3,(H,22,23). The van der Waals surface area contributed by atoms with Crippen molar-refractivity contribution in [3.8, 4) is 0 Å². The monoisotopic (exact) mass is 354 g/mol. The van der Waals surface area contributed by atoms with Crippen molar-refractivity contribution in [3.05, 3.63) is 65.2 Å². The smallest absolute Gasteiger partial charge is 0.313 e. The van der Waals surface area contributed by atoms with Gasteiger partial charge in [0.2, 0.25) is 0 Å².